The Labute approximate surface area is 152 Å². The second-order valence-electron chi connectivity index (χ2n) is 5.93. The van der Waals surface area contributed by atoms with Crippen LogP contribution in [0, 0.1) is 12.7 Å². The number of hydrogen-bond donors (Lipinski definition) is 1. The SMILES string of the molecule is Cc1[nH]ncc1-c1ccc(F)c(C(=O)ON2C(=O)c3ccccc3C2=O)c1. The number of hydroxylamine groups is 2. The van der Waals surface area contributed by atoms with Gasteiger partial charge >= 0.3 is 5.97 Å². The van der Waals surface area contributed by atoms with Crippen molar-refractivity contribution in [2.75, 3.05) is 0 Å². The Balaban J connectivity index is 1.64. The number of fused-ring (bicyclic) bond motifs is 1. The fraction of sp³-hybridized carbons (Fsp3) is 0.0526. The zero-order chi connectivity index (χ0) is 19.1. The highest BCUT2D eigenvalue weighted by atomic mass is 19.1. The first-order valence-electron chi connectivity index (χ1n) is 7.97. The van der Waals surface area contributed by atoms with Gasteiger partial charge in [0, 0.05) is 11.3 Å². The minimum atomic E-state index is -1.15. The molecule has 4 rings (SSSR count). The number of aromatic nitrogens is 2. The molecule has 27 heavy (non-hydrogen) atoms. The van der Waals surface area contributed by atoms with E-state index in [1.54, 1.807) is 25.3 Å². The van der Waals surface area contributed by atoms with Gasteiger partial charge in [0.2, 0.25) is 0 Å². The third-order valence-electron chi connectivity index (χ3n) is 4.26. The van der Waals surface area contributed by atoms with Crippen LogP contribution in [-0.4, -0.2) is 33.0 Å². The summed E-state index contributed by atoms with van der Waals surface area (Å²) in [5, 5.41) is 6.99. The summed E-state index contributed by atoms with van der Waals surface area (Å²) in [4.78, 5) is 41.9. The lowest BCUT2D eigenvalue weighted by atomic mass is 10.0. The van der Waals surface area contributed by atoms with Crippen LogP contribution in [0.25, 0.3) is 11.1 Å². The normalized spacial score (nSPS) is 13.0. The number of nitrogens with zero attached hydrogens (tertiary/aromatic N) is 2. The number of hydrogen-bond acceptors (Lipinski definition) is 5. The van der Waals surface area contributed by atoms with E-state index in [9.17, 15) is 18.8 Å². The van der Waals surface area contributed by atoms with Crippen molar-refractivity contribution in [1.82, 2.24) is 15.3 Å². The smallest absolute Gasteiger partial charge is 0.324 e. The van der Waals surface area contributed by atoms with Crippen molar-refractivity contribution in [2.24, 2.45) is 0 Å². The van der Waals surface area contributed by atoms with E-state index in [4.69, 9.17) is 4.84 Å². The molecule has 0 saturated carbocycles. The molecule has 8 heteroatoms. The molecule has 3 aromatic rings. The van der Waals surface area contributed by atoms with Crippen LogP contribution in [0.4, 0.5) is 4.39 Å². The summed E-state index contributed by atoms with van der Waals surface area (Å²) in [6, 6.07) is 9.97. The molecule has 1 aromatic heterocycles. The molecule has 0 unspecified atom stereocenters. The molecule has 2 aromatic carbocycles. The second-order valence-corrected chi connectivity index (χ2v) is 5.93. The summed E-state index contributed by atoms with van der Waals surface area (Å²) < 4.78 is 14.2. The Morgan fingerprint density at radius 1 is 1.07 bits per heavy atom. The fourth-order valence-corrected chi connectivity index (χ4v) is 2.87. The summed E-state index contributed by atoms with van der Waals surface area (Å²) in [6.45, 7) is 1.78. The van der Waals surface area contributed by atoms with Crippen LogP contribution in [0.15, 0.2) is 48.7 Å². The van der Waals surface area contributed by atoms with Gasteiger partial charge in [0.25, 0.3) is 11.8 Å². The topological polar surface area (TPSA) is 92.4 Å². The molecule has 1 aliphatic heterocycles. The minimum absolute atomic E-state index is 0.124. The van der Waals surface area contributed by atoms with Gasteiger partial charge in [-0.15, -0.1) is 0 Å². The molecule has 0 aliphatic carbocycles. The Bertz CT molecular complexity index is 1070. The first-order valence-corrected chi connectivity index (χ1v) is 7.97. The van der Waals surface area contributed by atoms with E-state index in [2.05, 4.69) is 10.2 Å². The number of H-pyrrole nitrogens is 1. The van der Waals surface area contributed by atoms with Gasteiger partial charge in [-0.1, -0.05) is 23.3 Å². The Morgan fingerprint density at radius 3 is 2.33 bits per heavy atom. The molecular formula is C19H12FN3O4. The summed E-state index contributed by atoms with van der Waals surface area (Å²) in [7, 11) is 0. The lowest BCUT2D eigenvalue weighted by Crippen LogP contribution is -2.33. The lowest BCUT2D eigenvalue weighted by molar-refractivity contribution is -0.0587. The van der Waals surface area contributed by atoms with Gasteiger partial charge < -0.3 is 4.84 Å². The molecule has 2 heterocycles. The fourth-order valence-electron chi connectivity index (χ4n) is 2.87. The van der Waals surface area contributed by atoms with Crippen LogP contribution in [0.5, 0.6) is 0 Å². The van der Waals surface area contributed by atoms with Gasteiger partial charge in [-0.25, -0.2) is 9.18 Å². The number of imide groups is 1. The maximum atomic E-state index is 14.2. The van der Waals surface area contributed by atoms with Crippen LogP contribution in [0.2, 0.25) is 0 Å². The van der Waals surface area contributed by atoms with Crippen molar-refractivity contribution in [2.45, 2.75) is 6.92 Å². The molecule has 0 atom stereocenters. The summed E-state index contributed by atoms with van der Waals surface area (Å²) in [5.41, 5.74) is 1.81. The maximum Gasteiger partial charge on any atom is 0.366 e. The van der Waals surface area contributed by atoms with E-state index in [-0.39, 0.29) is 11.1 Å². The highest BCUT2D eigenvalue weighted by Crippen LogP contribution is 2.26. The zero-order valence-corrected chi connectivity index (χ0v) is 14.0. The van der Waals surface area contributed by atoms with Crippen LogP contribution >= 0.6 is 0 Å². The first-order chi connectivity index (χ1) is 13.0. The molecule has 0 radical (unpaired) electrons. The molecule has 0 fully saturated rings. The predicted octanol–water partition coefficient (Wildman–Crippen LogP) is 2.89. The molecular weight excluding hydrogens is 353 g/mol. The molecule has 2 amide bonds. The van der Waals surface area contributed by atoms with Crippen LogP contribution in [-0.2, 0) is 4.84 Å². The number of carbonyl (C=O) groups excluding carboxylic acids is 3. The molecule has 7 nitrogen and oxygen atoms in total. The van der Waals surface area contributed by atoms with Crippen LogP contribution in [0.3, 0.4) is 0 Å². The summed E-state index contributed by atoms with van der Waals surface area (Å²) >= 11 is 0. The van der Waals surface area contributed by atoms with Crippen LogP contribution in [0.1, 0.15) is 36.8 Å². The number of halogens is 1. The molecule has 1 N–H and O–H groups in total. The van der Waals surface area contributed by atoms with Gasteiger partial charge in [0.1, 0.15) is 5.82 Å². The van der Waals surface area contributed by atoms with Gasteiger partial charge in [-0.2, -0.15) is 5.10 Å². The number of aromatic amines is 1. The van der Waals surface area contributed by atoms with Gasteiger partial charge in [0.05, 0.1) is 22.9 Å². The third-order valence-corrected chi connectivity index (χ3v) is 4.26. The third kappa shape index (κ3) is 2.67. The quantitative estimate of drug-likeness (QED) is 0.721. The minimum Gasteiger partial charge on any atom is -0.324 e. The lowest BCUT2D eigenvalue weighted by Gasteiger charge is -2.13. The second kappa shape index (κ2) is 6.17. The van der Waals surface area contributed by atoms with E-state index in [0.717, 1.165) is 11.8 Å². The number of rotatable bonds is 3. The summed E-state index contributed by atoms with van der Waals surface area (Å²) in [5.74, 6) is -3.52. The van der Waals surface area contributed by atoms with E-state index < -0.39 is 29.2 Å². The Hall–Kier alpha value is -3.81. The number of carbonyl (C=O) groups is 3. The van der Waals surface area contributed by atoms with Crippen molar-refractivity contribution >= 4 is 17.8 Å². The van der Waals surface area contributed by atoms with Crippen molar-refractivity contribution in [1.29, 1.82) is 0 Å². The van der Waals surface area contributed by atoms with Crippen molar-refractivity contribution in [3.8, 4) is 11.1 Å². The molecule has 134 valence electrons. The van der Waals surface area contributed by atoms with Crippen LogP contribution < -0.4 is 0 Å². The molecule has 1 aliphatic rings. The van der Waals surface area contributed by atoms with Gasteiger partial charge in [0.15, 0.2) is 0 Å². The van der Waals surface area contributed by atoms with Crippen molar-refractivity contribution < 1.29 is 23.6 Å². The standard InChI is InChI=1S/C19H12FN3O4/c1-10-15(9-21-22-10)11-6-7-16(20)14(8-11)19(26)27-23-17(24)12-4-2-3-5-13(12)18(23)25/h2-9H,1H3,(H,21,22). The largest absolute Gasteiger partial charge is 0.366 e. The molecule has 0 bridgehead atoms. The van der Waals surface area contributed by atoms with Crippen molar-refractivity contribution in [3.63, 3.8) is 0 Å². The predicted molar refractivity (Wildman–Crippen MR) is 91.1 cm³/mol. The van der Waals surface area contributed by atoms with Crippen molar-refractivity contribution in [3.05, 3.63) is 76.9 Å². The van der Waals surface area contributed by atoms with Gasteiger partial charge in [-0.3, -0.25) is 14.7 Å². The highest BCUT2D eigenvalue weighted by molar-refractivity contribution is 6.21. The average molecular weight is 365 g/mol. The van der Waals surface area contributed by atoms with E-state index in [1.807, 2.05) is 0 Å². The monoisotopic (exact) mass is 365 g/mol. The van der Waals surface area contributed by atoms with E-state index >= 15 is 0 Å². The number of nitrogens with one attached hydrogen (secondary N) is 1. The van der Waals surface area contributed by atoms with Gasteiger partial charge in [-0.05, 0) is 36.8 Å². The highest BCUT2D eigenvalue weighted by Gasteiger charge is 2.39. The number of aryl methyl sites for hydroxylation is 1. The number of benzene rings is 2. The summed E-state index contributed by atoms with van der Waals surface area (Å²) in [6.07, 6.45) is 1.54. The van der Waals surface area contributed by atoms with E-state index in [1.165, 1.54) is 24.3 Å². The zero-order valence-electron chi connectivity index (χ0n) is 14.0. The van der Waals surface area contributed by atoms with E-state index in [0.29, 0.717) is 16.2 Å². The Morgan fingerprint density at radius 2 is 1.74 bits per heavy atom. The first kappa shape index (κ1) is 16.6. The molecule has 0 spiro atoms. The average Bonchev–Trinajstić information content (AvgIpc) is 3.20. The number of amides is 2. The maximum absolute atomic E-state index is 14.2. The Kier molecular flexibility index (Phi) is 3.80. The molecule has 0 saturated heterocycles.